The summed E-state index contributed by atoms with van der Waals surface area (Å²) in [6, 6.07) is -0.851. The van der Waals surface area contributed by atoms with Gasteiger partial charge in [-0.15, -0.1) is 0 Å². The highest BCUT2D eigenvalue weighted by Crippen LogP contribution is 2.22. The lowest BCUT2D eigenvalue weighted by Crippen LogP contribution is -2.44. The topological polar surface area (TPSA) is 55.8 Å². The van der Waals surface area contributed by atoms with Gasteiger partial charge in [-0.2, -0.15) is 4.31 Å². The first-order valence-corrected chi connectivity index (χ1v) is 5.97. The smallest absolute Gasteiger partial charge is 0.424 e. The van der Waals surface area contributed by atoms with Crippen LogP contribution < -0.4 is 0 Å². The first-order valence-electron chi connectivity index (χ1n) is 4.94. The lowest BCUT2D eigenvalue weighted by molar-refractivity contribution is 0.0313. The van der Waals surface area contributed by atoms with E-state index < -0.39 is 35.2 Å². The standard InChI is InChI=1S/C9H16FNO4S/c1-6(10)7-5-14-16(13)11(7)8(12)15-9(2,3)4/h6-7H,5H2,1-4H3/t6?,7-,16?/m0/s1. The summed E-state index contributed by atoms with van der Waals surface area (Å²) in [5, 5.41) is 0. The maximum Gasteiger partial charge on any atom is 0.424 e. The maximum absolute atomic E-state index is 13.2. The molecular formula is C9H16FNO4S. The van der Waals surface area contributed by atoms with Gasteiger partial charge < -0.3 is 4.74 Å². The van der Waals surface area contributed by atoms with Crippen LogP contribution >= 0.6 is 0 Å². The Morgan fingerprint density at radius 1 is 1.62 bits per heavy atom. The first kappa shape index (κ1) is 13.4. The molecule has 1 aliphatic heterocycles. The van der Waals surface area contributed by atoms with Crippen LogP contribution in [0.1, 0.15) is 27.7 Å². The average molecular weight is 253 g/mol. The van der Waals surface area contributed by atoms with Crippen LogP contribution in [0.2, 0.25) is 0 Å². The van der Waals surface area contributed by atoms with E-state index in [4.69, 9.17) is 8.92 Å². The quantitative estimate of drug-likeness (QED) is 0.711. The molecule has 0 aromatic rings. The molecule has 5 nitrogen and oxygen atoms in total. The number of ether oxygens (including phenoxy) is 1. The van der Waals surface area contributed by atoms with Crippen LogP contribution in [-0.2, 0) is 20.2 Å². The predicted octanol–water partition coefficient (Wildman–Crippen LogP) is 1.56. The molecule has 0 aromatic carbocycles. The van der Waals surface area contributed by atoms with Gasteiger partial charge in [0.2, 0.25) is 0 Å². The van der Waals surface area contributed by atoms with Crippen LogP contribution in [0.15, 0.2) is 0 Å². The second kappa shape index (κ2) is 4.67. The van der Waals surface area contributed by atoms with Gasteiger partial charge in [-0.05, 0) is 27.7 Å². The molecule has 0 aromatic heterocycles. The van der Waals surface area contributed by atoms with Gasteiger partial charge in [-0.25, -0.2) is 13.4 Å². The number of halogens is 1. The van der Waals surface area contributed by atoms with Crippen molar-refractivity contribution in [1.82, 2.24) is 4.31 Å². The molecule has 0 N–H and O–H groups in total. The van der Waals surface area contributed by atoms with Crippen LogP contribution in [-0.4, -0.2) is 39.0 Å². The molecule has 94 valence electrons. The minimum Gasteiger partial charge on any atom is -0.443 e. The number of amides is 1. The molecule has 1 saturated heterocycles. The molecule has 1 heterocycles. The van der Waals surface area contributed by atoms with Gasteiger partial charge >= 0.3 is 6.09 Å². The highest BCUT2D eigenvalue weighted by Gasteiger charge is 2.42. The lowest BCUT2D eigenvalue weighted by atomic mass is 10.2. The normalized spacial score (nSPS) is 27.9. The Hall–Kier alpha value is -0.690. The Balaban J connectivity index is 2.76. The number of nitrogens with zero attached hydrogens (tertiary/aromatic N) is 1. The summed E-state index contributed by atoms with van der Waals surface area (Å²) < 4.78 is 35.1. The second-order valence-electron chi connectivity index (χ2n) is 4.55. The van der Waals surface area contributed by atoms with Crippen molar-refractivity contribution in [1.29, 1.82) is 0 Å². The van der Waals surface area contributed by atoms with E-state index in [-0.39, 0.29) is 6.61 Å². The van der Waals surface area contributed by atoms with E-state index in [9.17, 15) is 13.4 Å². The van der Waals surface area contributed by atoms with E-state index in [0.29, 0.717) is 0 Å². The van der Waals surface area contributed by atoms with Crippen LogP contribution in [0.25, 0.3) is 0 Å². The molecule has 0 radical (unpaired) electrons. The fourth-order valence-corrected chi connectivity index (χ4v) is 2.16. The van der Waals surface area contributed by atoms with Gasteiger partial charge in [-0.3, -0.25) is 4.18 Å². The highest BCUT2D eigenvalue weighted by molar-refractivity contribution is 7.78. The Morgan fingerprint density at radius 2 is 2.19 bits per heavy atom. The molecule has 1 amide bonds. The third-order valence-corrected chi connectivity index (χ3v) is 2.98. The van der Waals surface area contributed by atoms with Crippen LogP contribution in [0, 0.1) is 0 Å². The molecule has 1 aliphatic rings. The molecule has 1 rings (SSSR count). The van der Waals surface area contributed by atoms with Crippen LogP contribution in [0.4, 0.5) is 9.18 Å². The van der Waals surface area contributed by atoms with E-state index in [0.717, 1.165) is 4.31 Å². The molecule has 0 aliphatic carbocycles. The summed E-state index contributed by atoms with van der Waals surface area (Å²) in [6.07, 6.45) is -2.14. The molecule has 2 unspecified atom stereocenters. The van der Waals surface area contributed by atoms with Crippen molar-refractivity contribution in [2.75, 3.05) is 6.61 Å². The van der Waals surface area contributed by atoms with Gasteiger partial charge in [0.15, 0.2) is 0 Å². The molecule has 0 saturated carbocycles. The van der Waals surface area contributed by atoms with E-state index in [1.165, 1.54) is 6.92 Å². The zero-order valence-electron chi connectivity index (χ0n) is 9.73. The first-order chi connectivity index (χ1) is 7.22. The zero-order chi connectivity index (χ0) is 12.5. The van der Waals surface area contributed by atoms with E-state index in [2.05, 4.69) is 0 Å². The largest absolute Gasteiger partial charge is 0.443 e. The van der Waals surface area contributed by atoms with Gasteiger partial charge in [0.05, 0.1) is 6.61 Å². The van der Waals surface area contributed by atoms with Crippen molar-refractivity contribution >= 4 is 17.4 Å². The third-order valence-electron chi connectivity index (χ3n) is 1.91. The van der Waals surface area contributed by atoms with Gasteiger partial charge in [0.25, 0.3) is 11.3 Å². The Labute approximate surface area is 96.7 Å². The van der Waals surface area contributed by atoms with Crippen LogP contribution in [0.3, 0.4) is 0 Å². The number of hydrogen-bond acceptors (Lipinski definition) is 4. The molecule has 0 bridgehead atoms. The molecule has 16 heavy (non-hydrogen) atoms. The molecular weight excluding hydrogens is 237 g/mol. The minimum atomic E-state index is -1.96. The Bertz CT molecular complexity index is 302. The second-order valence-corrected chi connectivity index (χ2v) is 5.62. The molecule has 7 heteroatoms. The van der Waals surface area contributed by atoms with Crippen molar-refractivity contribution in [3.05, 3.63) is 0 Å². The minimum absolute atomic E-state index is 0.0798. The number of rotatable bonds is 1. The van der Waals surface area contributed by atoms with Crippen LogP contribution in [0.5, 0.6) is 0 Å². The summed E-state index contributed by atoms with van der Waals surface area (Å²) in [4.78, 5) is 11.7. The predicted molar refractivity (Wildman–Crippen MR) is 56.5 cm³/mol. The van der Waals surface area contributed by atoms with E-state index in [1.54, 1.807) is 20.8 Å². The zero-order valence-corrected chi connectivity index (χ0v) is 10.5. The highest BCUT2D eigenvalue weighted by atomic mass is 32.2. The Morgan fingerprint density at radius 3 is 2.62 bits per heavy atom. The van der Waals surface area contributed by atoms with Gasteiger partial charge in [0, 0.05) is 0 Å². The fourth-order valence-electron chi connectivity index (χ4n) is 1.19. The average Bonchev–Trinajstić information content (AvgIpc) is 2.43. The summed E-state index contributed by atoms with van der Waals surface area (Å²) in [5.41, 5.74) is -0.714. The number of alkyl halides is 1. The molecule has 3 atom stereocenters. The van der Waals surface area contributed by atoms with Crippen molar-refractivity contribution in [3.8, 4) is 0 Å². The van der Waals surface area contributed by atoms with E-state index >= 15 is 0 Å². The van der Waals surface area contributed by atoms with E-state index in [1.807, 2.05) is 0 Å². The van der Waals surface area contributed by atoms with Crippen molar-refractivity contribution in [2.24, 2.45) is 0 Å². The van der Waals surface area contributed by atoms with Crippen molar-refractivity contribution in [3.63, 3.8) is 0 Å². The lowest BCUT2D eigenvalue weighted by Gasteiger charge is -2.26. The van der Waals surface area contributed by atoms with Gasteiger partial charge in [0.1, 0.15) is 17.8 Å². The van der Waals surface area contributed by atoms with Crippen molar-refractivity contribution in [2.45, 2.75) is 45.5 Å². The SMILES string of the molecule is CC(F)[C@@H]1COS(=O)N1C(=O)OC(C)(C)C. The third kappa shape index (κ3) is 3.15. The fraction of sp³-hybridized carbons (Fsp3) is 0.889. The maximum atomic E-state index is 13.2. The number of carbonyl (C=O) groups is 1. The monoisotopic (exact) mass is 253 g/mol. The van der Waals surface area contributed by atoms with Crippen molar-refractivity contribution < 1.29 is 22.3 Å². The summed E-state index contributed by atoms with van der Waals surface area (Å²) >= 11 is -1.96. The molecule has 1 fully saturated rings. The summed E-state index contributed by atoms with van der Waals surface area (Å²) in [6.45, 7) is 6.24. The summed E-state index contributed by atoms with van der Waals surface area (Å²) in [7, 11) is 0. The van der Waals surface area contributed by atoms with Gasteiger partial charge in [-0.1, -0.05) is 0 Å². The summed E-state index contributed by atoms with van der Waals surface area (Å²) in [5.74, 6) is 0. The molecule has 0 spiro atoms. The Kier molecular flexibility index (Phi) is 3.90. The number of hydrogen-bond donors (Lipinski definition) is 0. The number of carbonyl (C=O) groups excluding carboxylic acids is 1.